The molecule has 2 aromatic carbocycles. The monoisotopic (exact) mass is 376 g/mol. The van der Waals surface area contributed by atoms with Gasteiger partial charge in [-0.1, -0.05) is 24.3 Å². The molecule has 1 N–H and O–H groups in total. The minimum absolute atomic E-state index is 0.423. The highest BCUT2D eigenvalue weighted by Gasteiger charge is 2.12. The number of hydrogen-bond donors (Lipinski definition) is 1. The van der Waals surface area contributed by atoms with E-state index in [1.807, 2.05) is 31.2 Å². The highest BCUT2D eigenvalue weighted by Crippen LogP contribution is 2.37. The molecule has 23 heavy (non-hydrogen) atoms. The lowest BCUT2D eigenvalue weighted by Crippen LogP contribution is -2.00. The van der Waals surface area contributed by atoms with Crippen LogP contribution in [0.4, 0.5) is 0 Å². The Hall–Kier alpha value is -2.27. The van der Waals surface area contributed by atoms with Crippen LogP contribution in [-0.2, 0) is 11.4 Å². The van der Waals surface area contributed by atoms with Crippen LogP contribution in [0.1, 0.15) is 16.7 Å². The Kier molecular flexibility index (Phi) is 5.82. The van der Waals surface area contributed by atoms with Gasteiger partial charge in [-0.2, -0.15) is 0 Å². The van der Waals surface area contributed by atoms with Crippen molar-refractivity contribution in [1.82, 2.24) is 0 Å². The van der Waals surface area contributed by atoms with E-state index in [4.69, 9.17) is 14.6 Å². The smallest absolute Gasteiger partial charge is 0.328 e. The molecule has 0 aromatic heterocycles. The van der Waals surface area contributed by atoms with Crippen LogP contribution in [0.5, 0.6) is 11.5 Å². The average Bonchev–Trinajstić information content (AvgIpc) is 2.52. The third kappa shape index (κ3) is 4.60. The normalized spacial score (nSPS) is 10.7. The number of halogens is 1. The number of hydrogen-bond acceptors (Lipinski definition) is 3. The average molecular weight is 377 g/mol. The lowest BCUT2D eigenvalue weighted by atomic mass is 10.1. The molecule has 0 heterocycles. The number of benzene rings is 2. The number of carboxylic acid groups (broad SMARTS) is 1. The number of aryl methyl sites for hydroxylation is 1. The summed E-state index contributed by atoms with van der Waals surface area (Å²) in [5, 5.41) is 8.71. The van der Waals surface area contributed by atoms with E-state index in [9.17, 15) is 4.79 Å². The minimum Gasteiger partial charge on any atom is -0.493 e. The van der Waals surface area contributed by atoms with Crippen molar-refractivity contribution in [2.75, 3.05) is 7.11 Å². The fourth-order valence-electron chi connectivity index (χ4n) is 2.07. The van der Waals surface area contributed by atoms with Gasteiger partial charge >= 0.3 is 5.97 Å². The predicted octanol–water partition coefficient (Wildman–Crippen LogP) is 4.44. The molecule has 2 rings (SSSR count). The van der Waals surface area contributed by atoms with Crippen LogP contribution < -0.4 is 9.47 Å². The highest BCUT2D eigenvalue weighted by atomic mass is 79.9. The van der Waals surface area contributed by atoms with Crippen molar-refractivity contribution in [2.24, 2.45) is 0 Å². The standard InChI is InChI=1S/C18H17BrO4/c1-12-5-3-4-6-14(12)11-23-18-15(19)9-13(7-8-17(20)21)10-16(18)22-2/h3-10H,11H2,1-2H3,(H,20,21)/b8-7+. The summed E-state index contributed by atoms with van der Waals surface area (Å²) in [5.74, 6) is 0.126. The van der Waals surface area contributed by atoms with Gasteiger partial charge in [0.25, 0.3) is 0 Å². The van der Waals surface area contributed by atoms with Crippen molar-refractivity contribution in [3.8, 4) is 11.5 Å². The summed E-state index contributed by atoms with van der Waals surface area (Å²) in [7, 11) is 1.55. The Morgan fingerprint density at radius 1 is 1.30 bits per heavy atom. The Bertz CT molecular complexity index is 738. The summed E-state index contributed by atoms with van der Waals surface area (Å²) in [6.07, 6.45) is 2.58. The molecule has 0 amide bonds. The fraction of sp³-hybridized carbons (Fsp3) is 0.167. The molecular formula is C18H17BrO4. The molecule has 2 aromatic rings. The zero-order valence-electron chi connectivity index (χ0n) is 12.9. The first-order valence-corrected chi connectivity index (χ1v) is 7.76. The number of ether oxygens (including phenoxy) is 2. The minimum atomic E-state index is -1.00. The van der Waals surface area contributed by atoms with Gasteiger partial charge in [-0.3, -0.25) is 0 Å². The molecule has 0 aliphatic heterocycles. The highest BCUT2D eigenvalue weighted by molar-refractivity contribution is 9.10. The molecule has 0 atom stereocenters. The van der Waals surface area contributed by atoms with E-state index in [1.165, 1.54) is 6.08 Å². The van der Waals surface area contributed by atoms with Crippen LogP contribution in [0.2, 0.25) is 0 Å². The van der Waals surface area contributed by atoms with Crippen molar-refractivity contribution < 1.29 is 19.4 Å². The summed E-state index contributed by atoms with van der Waals surface area (Å²) >= 11 is 3.45. The van der Waals surface area contributed by atoms with Gasteiger partial charge in [-0.15, -0.1) is 0 Å². The van der Waals surface area contributed by atoms with E-state index in [-0.39, 0.29) is 0 Å². The van der Waals surface area contributed by atoms with E-state index in [1.54, 1.807) is 19.2 Å². The van der Waals surface area contributed by atoms with E-state index < -0.39 is 5.97 Å². The van der Waals surface area contributed by atoms with Gasteiger partial charge < -0.3 is 14.6 Å². The van der Waals surface area contributed by atoms with Gasteiger partial charge in [0, 0.05) is 6.08 Å². The summed E-state index contributed by atoms with van der Waals surface area (Å²) in [4.78, 5) is 10.6. The number of aliphatic carboxylic acids is 1. The maximum atomic E-state index is 10.6. The Morgan fingerprint density at radius 3 is 2.70 bits per heavy atom. The lowest BCUT2D eigenvalue weighted by Gasteiger charge is -2.14. The molecule has 0 aliphatic rings. The Labute approximate surface area is 143 Å². The van der Waals surface area contributed by atoms with E-state index in [0.29, 0.717) is 28.1 Å². The molecule has 0 unspecified atom stereocenters. The van der Waals surface area contributed by atoms with Crippen LogP contribution in [-0.4, -0.2) is 18.2 Å². The second-order valence-electron chi connectivity index (χ2n) is 4.92. The zero-order chi connectivity index (χ0) is 16.8. The Balaban J connectivity index is 2.24. The number of carboxylic acids is 1. The second-order valence-corrected chi connectivity index (χ2v) is 5.78. The summed E-state index contributed by atoms with van der Waals surface area (Å²) in [5.41, 5.74) is 2.96. The van der Waals surface area contributed by atoms with Gasteiger partial charge in [0.15, 0.2) is 11.5 Å². The topological polar surface area (TPSA) is 55.8 Å². The molecule has 0 saturated heterocycles. The van der Waals surface area contributed by atoms with E-state index >= 15 is 0 Å². The lowest BCUT2D eigenvalue weighted by molar-refractivity contribution is -0.131. The van der Waals surface area contributed by atoms with Gasteiger partial charge in [0.1, 0.15) is 6.61 Å². The van der Waals surface area contributed by atoms with Crippen molar-refractivity contribution >= 4 is 28.0 Å². The van der Waals surface area contributed by atoms with Crippen LogP contribution in [0.3, 0.4) is 0 Å². The third-order valence-electron chi connectivity index (χ3n) is 3.30. The van der Waals surface area contributed by atoms with Crippen molar-refractivity contribution in [3.63, 3.8) is 0 Å². The van der Waals surface area contributed by atoms with Crippen LogP contribution in [0.15, 0.2) is 46.9 Å². The van der Waals surface area contributed by atoms with Crippen molar-refractivity contribution in [1.29, 1.82) is 0 Å². The van der Waals surface area contributed by atoms with E-state index in [0.717, 1.165) is 17.2 Å². The molecule has 0 spiro atoms. The zero-order valence-corrected chi connectivity index (χ0v) is 14.5. The molecule has 0 saturated carbocycles. The van der Waals surface area contributed by atoms with Gasteiger partial charge in [-0.25, -0.2) is 4.79 Å². The molecule has 0 aliphatic carbocycles. The molecule has 0 radical (unpaired) electrons. The first-order chi connectivity index (χ1) is 11.0. The molecule has 4 nitrogen and oxygen atoms in total. The predicted molar refractivity (Wildman–Crippen MR) is 92.9 cm³/mol. The second kappa shape index (κ2) is 7.83. The summed E-state index contributed by atoms with van der Waals surface area (Å²) in [6.45, 7) is 2.46. The van der Waals surface area contributed by atoms with Gasteiger partial charge in [0.05, 0.1) is 11.6 Å². The summed E-state index contributed by atoms with van der Waals surface area (Å²) < 4.78 is 12.0. The molecule has 120 valence electrons. The number of methoxy groups -OCH3 is 1. The SMILES string of the molecule is COc1cc(/C=C/C(=O)O)cc(Br)c1OCc1ccccc1C. The van der Waals surface area contributed by atoms with Crippen molar-refractivity contribution in [2.45, 2.75) is 13.5 Å². The van der Waals surface area contributed by atoms with E-state index in [2.05, 4.69) is 15.9 Å². The maximum Gasteiger partial charge on any atom is 0.328 e. The fourth-order valence-corrected chi connectivity index (χ4v) is 2.64. The van der Waals surface area contributed by atoms with Crippen LogP contribution >= 0.6 is 15.9 Å². The van der Waals surface area contributed by atoms with Crippen LogP contribution in [0, 0.1) is 6.92 Å². The number of carbonyl (C=O) groups is 1. The van der Waals surface area contributed by atoms with Gasteiger partial charge in [0.2, 0.25) is 0 Å². The molecular weight excluding hydrogens is 360 g/mol. The molecule has 0 fully saturated rings. The first kappa shape index (κ1) is 17.1. The largest absolute Gasteiger partial charge is 0.493 e. The third-order valence-corrected chi connectivity index (χ3v) is 3.89. The molecule has 5 heteroatoms. The first-order valence-electron chi connectivity index (χ1n) is 6.97. The van der Waals surface area contributed by atoms with Crippen LogP contribution in [0.25, 0.3) is 6.08 Å². The molecule has 0 bridgehead atoms. The maximum absolute atomic E-state index is 10.6. The summed E-state index contributed by atoms with van der Waals surface area (Å²) in [6, 6.07) is 11.5. The van der Waals surface area contributed by atoms with Crippen molar-refractivity contribution in [3.05, 3.63) is 63.6 Å². The number of rotatable bonds is 6. The van der Waals surface area contributed by atoms with Gasteiger partial charge in [-0.05, 0) is 57.8 Å². The quantitative estimate of drug-likeness (QED) is 0.756. The Morgan fingerprint density at radius 2 is 2.04 bits per heavy atom.